The highest BCUT2D eigenvalue weighted by Gasteiger charge is 2.40. The molecule has 0 saturated carbocycles. The van der Waals surface area contributed by atoms with Crippen LogP contribution in [0, 0.1) is 0 Å². The van der Waals surface area contributed by atoms with Crippen LogP contribution >= 0.6 is 8.53 Å². The first-order valence-corrected chi connectivity index (χ1v) is 10.6. The summed E-state index contributed by atoms with van der Waals surface area (Å²) >= 11 is 0. The van der Waals surface area contributed by atoms with Gasteiger partial charge >= 0.3 is 8.53 Å². The normalized spacial score (nSPS) is 26.2. The first-order valence-electron chi connectivity index (χ1n) is 9.45. The van der Waals surface area contributed by atoms with Crippen molar-refractivity contribution in [3.05, 3.63) is 63.5 Å². The molecule has 0 radical (unpaired) electrons. The van der Waals surface area contributed by atoms with Gasteiger partial charge in [0.2, 0.25) is 0 Å². The maximum Gasteiger partial charge on any atom is 0.320 e. The summed E-state index contributed by atoms with van der Waals surface area (Å²) in [5.74, 6) is 1.25. The summed E-state index contributed by atoms with van der Waals surface area (Å²) in [7, 11) is 3.00. The second-order valence-corrected chi connectivity index (χ2v) is 9.17. The fourth-order valence-electron chi connectivity index (χ4n) is 4.49. The minimum absolute atomic E-state index is 0.168. The molecule has 2 aliphatic carbocycles. The zero-order valence-electron chi connectivity index (χ0n) is 15.3. The lowest BCUT2D eigenvalue weighted by molar-refractivity contribution is 0.164. The lowest BCUT2D eigenvalue weighted by Crippen LogP contribution is -2.36. The van der Waals surface area contributed by atoms with Crippen LogP contribution in [0.1, 0.15) is 41.9 Å². The SMILES string of the molecule is CN(C)P1Oc2ccc3c(c2[C@@H]2c4ccccc4CC[C@@H]2O1)=CCCC=3. The maximum absolute atomic E-state index is 6.55. The van der Waals surface area contributed by atoms with Gasteiger partial charge in [0, 0.05) is 11.5 Å². The molecule has 3 aliphatic rings. The Balaban J connectivity index is 1.79. The molecule has 4 heteroatoms. The summed E-state index contributed by atoms with van der Waals surface area (Å²) < 4.78 is 15.1. The predicted molar refractivity (Wildman–Crippen MR) is 107 cm³/mol. The predicted octanol–water partition coefficient (Wildman–Crippen LogP) is 3.69. The first kappa shape index (κ1) is 16.5. The molecule has 5 rings (SSSR count). The molecule has 0 amide bonds. The van der Waals surface area contributed by atoms with E-state index in [1.807, 2.05) is 14.1 Å². The molecule has 0 saturated heterocycles. The van der Waals surface area contributed by atoms with Crippen molar-refractivity contribution < 1.29 is 9.05 Å². The number of aryl methyl sites for hydroxylation is 1. The van der Waals surface area contributed by atoms with Crippen molar-refractivity contribution in [3.63, 3.8) is 0 Å². The number of hydrogen-bond acceptors (Lipinski definition) is 3. The number of rotatable bonds is 1. The van der Waals surface area contributed by atoms with Gasteiger partial charge in [0.1, 0.15) is 5.75 Å². The summed E-state index contributed by atoms with van der Waals surface area (Å²) in [4.78, 5) is 0. The number of nitrogens with zero attached hydrogens (tertiary/aromatic N) is 1. The van der Waals surface area contributed by atoms with Gasteiger partial charge in [-0.25, -0.2) is 4.67 Å². The van der Waals surface area contributed by atoms with Crippen LogP contribution in [0.2, 0.25) is 0 Å². The molecular formula is C22H24NO2P. The third kappa shape index (κ3) is 2.62. The Morgan fingerprint density at radius 3 is 2.77 bits per heavy atom. The van der Waals surface area contributed by atoms with Crippen molar-refractivity contribution in [1.29, 1.82) is 0 Å². The second-order valence-electron chi connectivity index (χ2n) is 7.50. The largest absolute Gasteiger partial charge is 0.435 e. The highest BCUT2D eigenvalue weighted by molar-refractivity contribution is 7.45. The second kappa shape index (κ2) is 6.49. The molecule has 0 fully saturated rings. The van der Waals surface area contributed by atoms with Crippen molar-refractivity contribution in [2.45, 2.75) is 37.7 Å². The fourth-order valence-corrected chi connectivity index (χ4v) is 5.67. The number of benzene rings is 2. The van der Waals surface area contributed by atoms with Gasteiger partial charge < -0.3 is 9.05 Å². The lowest BCUT2D eigenvalue weighted by atomic mass is 9.75. The maximum atomic E-state index is 6.55. The molecule has 0 N–H and O–H groups in total. The van der Waals surface area contributed by atoms with Gasteiger partial charge in [0.15, 0.2) is 0 Å². The summed E-state index contributed by atoms with van der Waals surface area (Å²) in [6.07, 6.45) is 9.28. The van der Waals surface area contributed by atoms with Crippen LogP contribution in [-0.2, 0) is 10.9 Å². The van der Waals surface area contributed by atoms with Gasteiger partial charge in [-0.05, 0) is 67.4 Å². The topological polar surface area (TPSA) is 21.7 Å². The van der Waals surface area contributed by atoms with Gasteiger partial charge in [-0.15, -0.1) is 0 Å². The fraction of sp³-hybridized carbons (Fsp3) is 0.364. The molecule has 134 valence electrons. The zero-order chi connectivity index (χ0) is 17.7. The minimum Gasteiger partial charge on any atom is -0.435 e. The monoisotopic (exact) mass is 365 g/mol. The van der Waals surface area contributed by atoms with Gasteiger partial charge in [-0.3, -0.25) is 0 Å². The average Bonchev–Trinajstić information content (AvgIpc) is 2.85. The molecule has 2 aromatic carbocycles. The molecule has 26 heavy (non-hydrogen) atoms. The van der Waals surface area contributed by atoms with E-state index in [1.54, 1.807) is 0 Å². The molecule has 0 spiro atoms. The lowest BCUT2D eigenvalue weighted by Gasteiger charge is -2.33. The quantitative estimate of drug-likeness (QED) is 0.720. The van der Waals surface area contributed by atoms with Crippen molar-refractivity contribution in [1.82, 2.24) is 4.67 Å². The molecule has 2 aromatic rings. The van der Waals surface area contributed by atoms with Crippen molar-refractivity contribution in [2.24, 2.45) is 0 Å². The van der Waals surface area contributed by atoms with Crippen LogP contribution in [0.4, 0.5) is 0 Å². The Bertz CT molecular complexity index is 969. The third-order valence-electron chi connectivity index (χ3n) is 5.66. The van der Waals surface area contributed by atoms with Crippen LogP contribution in [-0.4, -0.2) is 24.9 Å². The molecule has 0 aromatic heterocycles. The Morgan fingerprint density at radius 1 is 1.04 bits per heavy atom. The van der Waals surface area contributed by atoms with Crippen LogP contribution in [0.5, 0.6) is 5.75 Å². The zero-order valence-corrected chi connectivity index (χ0v) is 16.2. The molecule has 0 bridgehead atoms. The van der Waals surface area contributed by atoms with Crippen LogP contribution in [0.15, 0.2) is 36.4 Å². The molecule has 3 atom stereocenters. The van der Waals surface area contributed by atoms with Gasteiger partial charge in [0.05, 0.1) is 6.10 Å². The summed E-state index contributed by atoms with van der Waals surface area (Å²) in [5, 5.41) is 2.70. The van der Waals surface area contributed by atoms with Crippen LogP contribution < -0.4 is 15.0 Å². The van der Waals surface area contributed by atoms with E-state index < -0.39 is 8.53 Å². The van der Waals surface area contributed by atoms with E-state index >= 15 is 0 Å². The first-order chi connectivity index (χ1) is 12.7. The molecule has 1 unspecified atom stereocenters. The van der Waals surface area contributed by atoms with Gasteiger partial charge in [0.25, 0.3) is 0 Å². The number of hydrogen-bond donors (Lipinski definition) is 0. The van der Waals surface area contributed by atoms with Crippen molar-refractivity contribution in [3.8, 4) is 5.75 Å². The molecular weight excluding hydrogens is 341 g/mol. The van der Waals surface area contributed by atoms with E-state index in [9.17, 15) is 0 Å². The van der Waals surface area contributed by atoms with E-state index in [-0.39, 0.29) is 12.0 Å². The van der Waals surface area contributed by atoms with Crippen molar-refractivity contribution >= 4 is 20.7 Å². The van der Waals surface area contributed by atoms with E-state index in [1.165, 1.54) is 27.1 Å². The highest BCUT2D eigenvalue weighted by atomic mass is 31.2. The third-order valence-corrected chi connectivity index (χ3v) is 7.12. The van der Waals surface area contributed by atoms with Gasteiger partial charge in [-0.1, -0.05) is 42.5 Å². The van der Waals surface area contributed by atoms with E-state index in [0.717, 1.165) is 31.4 Å². The number of fused-ring (bicyclic) bond motifs is 7. The average molecular weight is 365 g/mol. The molecule has 1 aliphatic heterocycles. The van der Waals surface area contributed by atoms with Crippen LogP contribution in [0.3, 0.4) is 0 Å². The standard InChI is InChI=1S/C22H24NO2P/c1-23(2)26-24-19-13-11-15-7-3-5-9-17(15)21(19)22-18-10-6-4-8-16(18)12-14-20(22)25-26/h3,5,7-10,12,14,19,21H,4,6,11,13H2,1-2H3/t19-,21+,26?/m0/s1. The van der Waals surface area contributed by atoms with Crippen LogP contribution in [0.25, 0.3) is 12.2 Å². The van der Waals surface area contributed by atoms with E-state index in [0.29, 0.717) is 0 Å². The minimum atomic E-state index is -1.08. The van der Waals surface area contributed by atoms with E-state index in [4.69, 9.17) is 9.05 Å². The Morgan fingerprint density at radius 2 is 1.88 bits per heavy atom. The summed E-state index contributed by atoms with van der Waals surface area (Å²) in [6, 6.07) is 13.2. The molecule has 3 nitrogen and oxygen atoms in total. The smallest absolute Gasteiger partial charge is 0.320 e. The summed E-state index contributed by atoms with van der Waals surface area (Å²) in [6.45, 7) is 0. The van der Waals surface area contributed by atoms with Gasteiger partial charge in [-0.2, -0.15) is 0 Å². The highest BCUT2D eigenvalue weighted by Crippen LogP contribution is 2.53. The van der Waals surface area contributed by atoms with E-state index in [2.05, 4.69) is 53.2 Å². The summed E-state index contributed by atoms with van der Waals surface area (Å²) in [5.41, 5.74) is 4.20. The van der Waals surface area contributed by atoms with Crippen molar-refractivity contribution in [2.75, 3.05) is 14.1 Å². The Hall–Kier alpha value is -1.67. The Labute approximate surface area is 155 Å². The Kier molecular flexibility index (Phi) is 4.12. The molecule has 1 heterocycles.